The largest absolute Gasteiger partial charge is 0.346 e. The Kier molecular flexibility index (Phi) is 6.85. The Morgan fingerprint density at radius 3 is 2.23 bits per heavy atom. The van der Waals surface area contributed by atoms with Crippen LogP contribution in [0.1, 0.15) is 36.6 Å². The monoisotopic (exact) mass is 403 g/mol. The lowest BCUT2D eigenvalue weighted by Crippen LogP contribution is -2.45. The molecule has 0 aliphatic rings. The molecule has 5 nitrogen and oxygen atoms in total. The number of amides is 2. The molecule has 0 aromatic heterocycles. The quantitative estimate of drug-likeness (QED) is 0.552. The van der Waals surface area contributed by atoms with E-state index in [-0.39, 0.29) is 24.4 Å². The second kappa shape index (κ2) is 9.55. The molecule has 0 saturated heterocycles. The highest BCUT2D eigenvalue weighted by Crippen LogP contribution is 2.24. The second-order valence-electron chi connectivity index (χ2n) is 7.71. The maximum absolute atomic E-state index is 12.5. The average Bonchev–Trinajstić information content (AvgIpc) is 2.74. The lowest BCUT2D eigenvalue weighted by molar-refractivity contribution is -0.125. The Morgan fingerprint density at radius 2 is 1.50 bits per heavy atom. The zero-order valence-corrected chi connectivity index (χ0v) is 18.0. The van der Waals surface area contributed by atoms with Crippen LogP contribution in [0.2, 0.25) is 0 Å². The van der Waals surface area contributed by atoms with Gasteiger partial charge in [0.05, 0.1) is 12.6 Å². The third kappa shape index (κ3) is 5.05. The van der Waals surface area contributed by atoms with E-state index in [9.17, 15) is 9.59 Å². The fraction of sp³-hybridized carbons (Fsp3) is 0.280. The summed E-state index contributed by atoms with van der Waals surface area (Å²) in [5.41, 5.74) is 3.93. The summed E-state index contributed by atoms with van der Waals surface area (Å²) in [7, 11) is 0. The maximum Gasteiger partial charge on any atom is 0.243 e. The number of hydrogen-bond donors (Lipinski definition) is 3. The number of nitrogens with one attached hydrogen (secondary N) is 3. The van der Waals surface area contributed by atoms with Crippen LogP contribution in [0.3, 0.4) is 0 Å². The summed E-state index contributed by atoms with van der Waals surface area (Å²) in [6.07, 6.45) is 0. The minimum atomic E-state index is -0.438. The molecule has 5 heteroatoms. The number of para-hydroxylation sites is 1. The van der Waals surface area contributed by atoms with Gasteiger partial charge in [-0.05, 0) is 55.2 Å². The number of rotatable bonds is 7. The molecule has 0 unspecified atom stereocenters. The van der Waals surface area contributed by atoms with Crippen molar-refractivity contribution in [2.24, 2.45) is 0 Å². The van der Waals surface area contributed by atoms with Crippen molar-refractivity contribution in [1.29, 1.82) is 0 Å². The molecule has 3 N–H and O–H groups in total. The van der Waals surface area contributed by atoms with Crippen molar-refractivity contribution >= 4 is 28.3 Å². The predicted octanol–water partition coefficient (Wildman–Crippen LogP) is 4.25. The van der Waals surface area contributed by atoms with Gasteiger partial charge in [-0.25, -0.2) is 0 Å². The normalized spacial score (nSPS) is 12.9. The first-order valence-corrected chi connectivity index (χ1v) is 10.2. The van der Waals surface area contributed by atoms with Crippen LogP contribution in [0.25, 0.3) is 10.8 Å². The molecule has 0 saturated carbocycles. The topological polar surface area (TPSA) is 70.2 Å². The molecule has 156 valence electrons. The van der Waals surface area contributed by atoms with Gasteiger partial charge in [0.25, 0.3) is 0 Å². The standard InChI is InChI=1S/C25H29N3O2/c1-16-9-7-10-17(2)24(16)28-23(29)15-26-25(30)19(4)27-18(3)21-14-8-12-20-11-5-6-13-22(20)21/h5-14,18-19,27H,15H2,1-4H3,(H,26,30)(H,28,29)/t18-,19-/m1/s1. The highest BCUT2D eigenvalue weighted by Gasteiger charge is 2.18. The first-order valence-electron chi connectivity index (χ1n) is 10.2. The molecule has 3 aromatic carbocycles. The number of fused-ring (bicyclic) bond motifs is 1. The zero-order valence-electron chi connectivity index (χ0n) is 18.0. The van der Waals surface area contributed by atoms with E-state index in [0.717, 1.165) is 22.4 Å². The van der Waals surface area contributed by atoms with Crippen LogP contribution >= 0.6 is 0 Å². The maximum atomic E-state index is 12.5. The molecule has 0 aliphatic heterocycles. The van der Waals surface area contributed by atoms with Gasteiger partial charge in [0.1, 0.15) is 0 Å². The smallest absolute Gasteiger partial charge is 0.243 e. The first kappa shape index (κ1) is 21.5. The van der Waals surface area contributed by atoms with Crippen molar-refractivity contribution in [3.8, 4) is 0 Å². The molecule has 3 rings (SSSR count). The zero-order chi connectivity index (χ0) is 21.7. The summed E-state index contributed by atoms with van der Waals surface area (Å²) in [5, 5.41) is 11.3. The van der Waals surface area contributed by atoms with E-state index in [4.69, 9.17) is 0 Å². The van der Waals surface area contributed by atoms with Crippen molar-refractivity contribution in [2.45, 2.75) is 39.8 Å². The summed E-state index contributed by atoms with van der Waals surface area (Å²) < 4.78 is 0. The van der Waals surface area contributed by atoms with Crippen LogP contribution < -0.4 is 16.0 Å². The SMILES string of the molecule is Cc1cccc(C)c1NC(=O)CNC(=O)[C@@H](C)N[C@H](C)c1cccc2ccccc12. The lowest BCUT2D eigenvalue weighted by atomic mass is 9.99. The molecule has 0 fully saturated rings. The Morgan fingerprint density at radius 1 is 0.867 bits per heavy atom. The molecule has 0 bridgehead atoms. The molecule has 30 heavy (non-hydrogen) atoms. The molecule has 2 atom stereocenters. The van der Waals surface area contributed by atoms with E-state index < -0.39 is 6.04 Å². The predicted molar refractivity (Wildman–Crippen MR) is 123 cm³/mol. The average molecular weight is 404 g/mol. The van der Waals surface area contributed by atoms with Crippen molar-refractivity contribution < 1.29 is 9.59 Å². The number of hydrogen-bond acceptors (Lipinski definition) is 3. The number of anilines is 1. The van der Waals surface area contributed by atoms with Crippen LogP contribution in [-0.4, -0.2) is 24.4 Å². The van der Waals surface area contributed by atoms with Crippen molar-refractivity contribution in [3.63, 3.8) is 0 Å². The molecule has 3 aromatic rings. The number of carbonyl (C=O) groups excluding carboxylic acids is 2. The molecular weight excluding hydrogens is 374 g/mol. The first-order chi connectivity index (χ1) is 14.4. The van der Waals surface area contributed by atoms with Gasteiger partial charge in [0.2, 0.25) is 11.8 Å². The van der Waals surface area contributed by atoms with Gasteiger partial charge in [-0.2, -0.15) is 0 Å². The Labute approximate surface area is 177 Å². The minimum absolute atomic E-state index is 0.0136. The van der Waals surface area contributed by atoms with Gasteiger partial charge in [0.15, 0.2) is 0 Å². The highest BCUT2D eigenvalue weighted by molar-refractivity contribution is 5.96. The van der Waals surface area contributed by atoms with Gasteiger partial charge in [0, 0.05) is 11.7 Å². The van der Waals surface area contributed by atoms with E-state index in [1.54, 1.807) is 6.92 Å². The molecule has 0 radical (unpaired) electrons. The van der Waals surface area contributed by atoms with Crippen LogP contribution in [0.5, 0.6) is 0 Å². The molecule has 0 aliphatic carbocycles. The number of benzene rings is 3. The van der Waals surface area contributed by atoms with Crippen LogP contribution in [-0.2, 0) is 9.59 Å². The molecule has 0 spiro atoms. The second-order valence-corrected chi connectivity index (χ2v) is 7.71. The summed E-state index contributed by atoms with van der Waals surface area (Å²) in [6, 6.07) is 19.8. The van der Waals surface area contributed by atoms with E-state index in [1.165, 1.54) is 10.8 Å². The van der Waals surface area contributed by atoms with Crippen LogP contribution in [0, 0.1) is 13.8 Å². The summed E-state index contributed by atoms with van der Waals surface area (Å²) in [4.78, 5) is 24.8. The lowest BCUT2D eigenvalue weighted by Gasteiger charge is -2.21. The fourth-order valence-electron chi connectivity index (χ4n) is 3.68. The molecule has 2 amide bonds. The summed E-state index contributed by atoms with van der Waals surface area (Å²) in [6.45, 7) is 7.67. The number of aryl methyl sites for hydroxylation is 2. The van der Waals surface area contributed by atoms with Crippen molar-refractivity contribution in [1.82, 2.24) is 10.6 Å². The summed E-state index contributed by atoms with van der Waals surface area (Å²) >= 11 is 0. The van der Waals surface area contributed by atoms with E-state index in [2.05, 4.69) is 40.2 Å². The third-order valence-corrected chi connectivity index (χ3v) is 5.35. The van der Waals surface area contributed by atoms with Crippen molar-refractivity contribution in [3.05, 3.63) is 77.4 Å². The molecular formula is C25H29N3O2. The van der Waals surface area contributed by atoms with Gasteiger partial charge >= 0.3 is 0 Å². The van der Waals surface area contributed by atoms with Crippen LogP contribution in [0.4, 0.5) is 5.69 Å². The Bertz CT molecular complexity index is 1040. The van der Waals surface area contributed by atoms with Gasteiger partial charge in [-0.1, -0.05) is 60.7 Å². The van der Waals surface area contributed by atoms with Gasteiger partial charge < -0.3 is 10.6 Å². The van der Waals surface area contributed by atoms with E-state index in [0.29, 0.717) is 0 Å². The van der Waals surface area contributed by atoms with Gasteiger partial charge in [-0.3, -0.25) is 14.9 Å². The minimum Gasteiger partial charge on any atom is -0.346 e. The Hall–Kier alpha value is -3.18. The van der Waals surface area contributed by atoms with Gasteiger partial charge in [-0.15, -0.1) is 0 Å². The van der Waals surface area contributed by atoms with Crippen LogP contribution in [0.15, 0.2) is 60.7 Å². The van der Waals surface area contributed by atoms with Crippen molar-refractivity contribution in [2.75, 3.05) is 11.9 Å². The Balaban J connectivity index is 1.56. The molecule has 0 heterocycles. The number of carbonyl (C=O) groups is 2. The van der Waals surface area contributed by atoms with E-state index >= 15 is 0 Å². The fourth-order valence-corrected chi connectivity index (χ4v) is 3.68. The third-order valence-electron chi connectivity index (χ3n) is 5.35. The van der Waals surface area contributed by atoms with E-state index in [1.807, 2.05) is 57.2 Å². The highest BCUT2D eigenvalue weighted by atomic mass is 16.2. The summed E-state index contributed by atoms with van der Waals surface area (Å²) in [5.74, 6) is -0.450.